The molecule has 114 valence electrons. The summed E-state index contributed by atoms with van der Waals surface area (Å²) in [5.74, 6) is -2.41. The Hall–Kier alpha value is -2.14. The lowest BCUT2D eigenvalue weighted by Gasteiger charge is -2.24. The summed E-state index contributed by atoms with van der Waals surface area (Å²) in [6.45, 7) is 1.96. The third-order valence-electron chi connectivity index (χ3n) is 4.99. The molecule has 2 fully saturated rings. The first-order chi connectivity index (χ1) is 10.6. The second kappa shape index (κ2) is 4.68. The van der Waals surface area contributed by atoms with E-state index in [9.17, 15) is 14.7 Å². The molecule has 2 aliphatic heterocycles. The van der Waals surface area contributed by atoms with Crippen LogP contribution >= 0.6 is 0 Å². The third-order valence-corrected chi connectivity index (χ3v) is 4.99. The van der Waals surface area contributed by atoms with E-state index in [0.29, 0.717) is 0 Å². The number of carbonyl (C=O) groups excluding carboxylic acids is 1. The van der Waals surface area contributed by atoms with E-state index in [-0.39, 0.29) is 18.1 Å². The molecule has 0 spiro atoms. The number of fused-ring (bicyclic) bond motifs is 3. The molecule has 3 heterocycles. The Bertz CT molecular complexity index is 778. The standard InChI is InChI=1S/C17H17NO4/c1-9-8-18(11-5-3-2-4-10(9)11)16(19)14-12-6-7-13(22-12)15(14)17(20)21/h2-5,8,12-15H,6-7H2,1H3,(H,20,21)/t12-,13+,14-,15+/m1/s1. The molecule has 0 saturated carbocycles. The molecule has 2 bridgehead atoms. The van der Waals surface area contributed by atoms with Crippen molar-refractivity contribution in [1.29, 1.82) is 0 Å². The number of hydrogen-bond acceptors (Lipinski definition) is 3. The Kier molecular flexibility index (Phi) is 2.87. The quantitative estimate of drug-likeness (QED) is 0.925. The third kappa shape index (κ3) is 1.75. The van der Waals surface area contributed by atoms with Crippen LogP contribution in [0.4, 0.5) is 0 Å². The summed E-state index contributed by atoms with van der Waals surface area (Å²) >= 11 is 0. The lowest BCUT2D eigenvalue weighted by molar-refractivity contribution is -0.144. The fourth-order valence-corrected chi connectivity index (χ4v) is 4.00. The smallest absolute Gasteiger partial charge is 0.310 e. The summed E-state index contributed by atoms with van der Waals surface area (Å²) in [5.41, 5.74) is 1.84. The number of hydrogen-bond donors (Lipinski definition) is 1. The summed E-state index contributed by atoms with van der Waals surface area (Å²) in [7, 11) is 0. The largest absolute Gasteiger partial charge is 0.481 e. The summed E-state index contributed by atoms with van der Waals surface area (Å²) in [5, 5.41) is 10.5. The average molecular weight is 299 g/mol. The van der Waals surface area contributed by atoms with E-state index < -0.39 is 17.8 Å². The van der Waals surface area contributed by atoms with Gasteiger partial charge in [0.25, 0.3) is 0 Å². The molecule has 22 heavy (non-hydrogen) atoms. The molecule has 2 saturated heterocycles. The molecule has 4 atom stereocenters. The van der Waals surface area contributed by atoms with Gasteiger partial charge in [-0.2, -0.15) is 0 Å². The van der Waals surface area contributed by atoms with Gasteiger partial charge in [0.1, 0.15) is 0 Å². The number of carboxylic acids is 1. The number of aryl methyl sites for hydroxylation is 1. The van der Waals surface area contributed by atoms with Crippen LogP contribution in [-0.4, -0.2) is 33.8 Å². The van der Waals surface area contributed by atoms with Crippen molar-refractivity contribution in [2.75, 3.05) is 0 Å². The van der Waals surface area contributed by atoms with E-state index >= 15 is 0 Å². The molecule has 2 aromatic rings. The van der Waals surface area contributed by atoms with Crippen LogP contribution in [0, 0.1) is 18.8 Å². The van der Waals surface area contributed by atoms with Gasteiger partial charge in [0.2, 0.25) is 5.91 Å². The average Bonchev–Trinajstić information content (AvgIpc) is 3.19. The van der Waals surface area contributed by atoms with E-state index in [4.69, 9.17) is 4.74 Å². The van der Waals surface area contributed by atoms with Crippen LogP contribution in [0.2, 0.25) is 0 Å². The first-order valence-electron chi connectivity index (χ1n) is 7.57. The van der Waals surface area contributed by atoms with E-state index in [0.717, 1.165) is 29.3 Å². The highest BCUT2D eigenvalue weighted by atomic mass is 16.5. The molecule has 0 amide bonds. The number of carbonyl (C=O) groups is 2. The van der Waals surface area contributed by atoms with Gasteiger partial charge in [-0.1, -0.05) is 18.2 Å². The predicted octanol–water partition coefficient (Wildman–Crippen LogP) is 2.47. The van der Waals surface area contributed by atoms with E-state index in [2.05, 4.69) is 0 Å². The van der Waals surface area contributed by atoms with E-state index in [1.807, 2.05) is 31.2 Å². The number of aromatic nitrogens is 1. The molecule has 5 heteroatoms. The molecule has 0 aliphatic carbocycles. The lowest BCUT2D eigenvalue weighted by Crippen LogP contribution is -2.40. The van der Waals surface area contributed by atoms with Crippen molar-refractivity contribution < 1.29 is 19.4 Å². The number of rotatable bonds is 2. The molecule has 5 nitrogen and oxygen atoms in total. The number of benzene rings is 1. The SMILES string of the molecule is Cc1cn(C(=O)[C@H]2[C@@H](C(=O)O)[C@@H]3CC[C@H]2O3)c2ccccc12. The first-order valence-corrected chi connectivity index (χ1v) is 7.57. The zero-order valence-electron chi connectivity index (χ0n) is 12.2. The molecular formula is C17H17NO4. The van der Waals surface area contributed by atoms with E-state index in [1.54, 1.807) is 10.8 Å². The minimum absolute atomic E-state index is 0.163. The van der Waals surface area contributed by atoms with Crippen molar-refractivity contribution in [3.05, 3.63) is 36.0 Å². The van der Waals surface area contributed by atoms with Crippen LogP contribution < -0.4 is 0 Å². The number of ether oxygens (including phenoxy) is 1. The van der Waals surface area contributed by atoms with Crippen LogP contribution in [0.15, 0.2) is 30.5 Å². The predicted molar refractivity (Wildman–Crippen MR) is 79.8 cm³/mol. The van der Waals surface area contributed by atoms with Crippen LogP contribution in [0.25, 0.3) is 10.9 Å². The lowest BCUT2D eigenvalue weighted by atomic mass is 9.78. The second-order valence-electron chi connectivity index (χ2n) is 6.22. The normalized spacial score (nSPS) is 30.0. The second-order valence-corrected chi connectivity index (χ2v) is 6.22. The van der Waals surface area contributed by atoms with Crippen molar-refractivity contribution in [3.8, 4) is 0 Å². The summed E-state index contributed by atoms with van der Waals surface area (Å²) < 4.78 is 7.31. The number of carboxylic acid groups (broad SMARTS) is 1. The molecule has 1 aromatic heterocycles. The van der Waals surface area contributed by atoms with Crippen LogP contribution in [0.5, 0.6) is 0 Å². The van der Waals surface area contributed by atoms with Crippen molar-refractivity contribution >= 4 is 22.8 Å². The Labute approximate surface area is 127 Å². The fourth-order valence-electron chi connectivity index (χ4n) is 4.00. The van der Waals surface area contributed by atoms with Crippen molar-refractivity contribution in [2.24, 2.45) is 11.8 Å². The van der Waals surface area contributed by atoms with Gasteiger partial charge >= 0.3 is 5.97 Å². The number of nitrogens with zero attached hydrogens (tertiary/aromatic N) is 1. The van der Waals surface area contributed by atoms with Crippen molar-refractivity contribution in [2.45, 2.75) is 32.0 Å². The van der Waals surface area contributed by atoms with Gasteiger partial charge in [-0.15, -0.1) is 0 Å². The van der Waals surface area contributed by atoms with Gasteiger partial charge in [0.15, 0.2) is 0 Å². The van der Waals surface area contributed by atoms with Crippen molar-refractivity contribution in [3.63, 3.8) is 0 Å². The maximum absolute atomic E-state index is 13.0. The van der Waals surface area contributed by atoms with E-state index in [1.165, 1.54) is 0 Å². The summed E-state index contributed by atoms with van der Waals surface area (Å²) in [6, 6.07) is 7.69. The minimum atomic E-state index is -0.932. The zero-order chi connectivity index (χ0) is 15.4. The number of para-hydroxylation sites is 1. The highest BCUT2D eigenvalue weighted by Crippen LogP contribution is 2.44. The Morgan fingerprint density at radius 3 is 2.59 bits per heavy atom. The van der Waals surface area contributed by atoms with Gasteiger partial charge in [-0.05, 0) is 31.4 Å². The highest BCUT2D eigenvalue weighted by molar-refractivity contribution is 5.97. The minimum Gasteiger partial charge on any atom is -0.481 e. The Balaban J connectivity index is 1.79. The Morgan fingerprint density at radius 1 is 1.18 bits per heavy atom. The van der Waals surface area contributed by atoms with Gasteiger partial charge in [0, 0.05) is 11.6 Å². The van der Waals surface area contributed by atoms with Crippen molar-refractivity contribution in [1.82, 2.24) is 4.57 Å². The molecule has 0 radical (unpaired) electrons. The molecule has 1 aromatic carbocycles. The topological polar surface area (TPSA) is 68.5 Å². The molecule has 0 unspecified atom stereocenters. The summed E-state index contributed by atoms with van der Waals surface area (Å²) in [6.07, 6.45) is 2.72. The summed E-state index contributed by atoms with van der Waals surface area (Å²) in [4.78, 5) is 24.6. The number of aliphatic carboxylic acids is 1. The van der Waals surface area contributed by atoms with Gasteiger partial charge in [-0.25, -0.2) is 0 Å². The molecule has 1 N–H and O–H groups in total. The highest BCUT2D eigenvalue weighted by Gasteiger charge is 2.55. The Morgan fingerprint density at radius 2 is 1.86 bits per heavy atom. The van der Waals surface area contributed by atoms with Gasteiger partial charge < -0.3 is 9.84 Å². The molecular weight excluding hydrogens is 282 g/mol. The maximum Gasteiger partial charge on any atom is 0.310 e. The molecule has 4 rings (SSSR count). The van der Waals surface area contributed by atoms with Gasteiger partial charge in [-0.3, -0.25) is 14.2 Å². The van der Waals surface area contributed by atoms with Crippen LogP contribution in [0.1, 0.15) is 23.2 Å². The fraction of sp³-hybridized carbons (Fsp3) is 0.412. The first kappa shape index (κ1) is 13.5. The molecule has 2 aliphatic rings. The van der Waals surface area contributed by atoms with Crippen LogP contribution in [-0.2, 0) is 9.53 Å². The monoisotopic (exact) mass is 299 g/mol. The zero-order valence-corrected chi connectivity index (χ0v) is 12.2. The van der Waals surface area contributed by atoms with Gasteiger partial charge in [0.05, 0.1) is 29.6 Å². The maximum atomic E-state index is 13.0. The van der Waals surface area contributed by atoms with Crippen LogP contribution in [0.3, 0.4) is 0 Å².